The summed E-state index contributed by atoms with van der Waals surface area (Å²) in [5, 5.41) is 6.18. The van der Waals surface area contributed by atoms with Crippen LogP contribution in [0.1, 0.15) is 18.5 Å². The molecule has 1 atom stereocenters. The van der Waals surface area contributed by atoms with E-state index in [9.17, 15) is 9.18 Å². The summed E-state index contributed by atoms with van der Waals surface area (Å²) < 4.78 is 26.5. The van der Waals surface area contributed by atoms with Gasteiger partial charge >= 0.3 is 0 Å². The average Bonchev–Trinajstić information content (AvgIpc) is 3.22. The van der Waals surface area contributed by atoms with E-state index in [0.29, 0.717) is 34.4 Å². The molecule has 0 spiro atoms. The normalized spacial score (nSPS) is 15.0. The number of nitrogens with zero attached hydrogens (tertiary/aromatic N) is 2. The molecule has 7 nitrogen and oxygen atoms in total. The number of nitrogens with one attached hydrogen (secondary N) is 2. The molecule has 4 aromatic rings. The summed E-state index contributed by atoms with van der Waals surface area (Å²) in [6.07, 6.45) is 0. The predicted molar refractivity (Wildman–Crippen MR) is 129 cm³/mol. The maximum absolute atomic E-state index is 13.6. The number of methoxy groups -OCH3 is 2. The molecule has 0 saturated carbocycles. The van der Waals surface area contributed by atoms with E-state index in [1.54, 1.807) is 20.3 Å². The van der Waals surface area contributed by atoms with Gasteiger partial charge in [-0.05, 0) is 55.5 Å². The number of rotatable bonds is 5. The van der Waals surface area contributed by atoms with Gasteiger partial charge in [-0.2, -0.15) is 0 Å². The molecule has 3 aromatic carbocycles. The van der Waals surface area contributed by atoms with E-state index in [0.717, 1.165) is 16.6 Å². The lowest BCUT2D eigenvalue weighted by atomic mass is 9.93. The zero-order chi connectivity index (χ0) is 23.8. The zero-order valence-corrected chi connectivity index (χ0v) is 18.9. The zero-order valence-electron chi connectivity index (χ0n) is 18.9. The SMILES string of the molecule is COc1ccc([C@H]2C(C(=O)Nc3ccc(F)cc3)=C(C)Nc3nc4ccccc4n32)c(OC)c1. The number of allylic oxidation sites excluding steroid dienone is 1. The van der Waals surface area contributed by atoms with Crippen LogP contribution >= 0.6 is 0 Å². The third kappa shape index (κ3) is 3.63. The number of anilines is 2. The number of hydrogen-bond acceptors (Lipinski definition) is 5. The number of fused-ring (bicyclic) bond motifs is 3. The average molecular weight is 458 g/mol. The number of benzene rings is 3. The number of amides is 1. The molecule has 1 amide bonds. The van der Waals surface area contributed by atoms with Gasteiger partial charge in [-0.3, -0.25) is 9.36 Å². The van der Waals surface area contributed by atoms with Crippen molar-refractivity contribution in [2.75, 3.05) is 24.9 Å². The second kappa shape index (κ2) is 8.55. The van der Waals surface area contributed by atoms with Crippen molar-refractivity contribution in [3.05, 3.63) is 89.4 Å². The van der Waals surface area contributed by atoms with Crippen molar-refractivity contribution in [1.29, 1.82) is 0 Å². The Balaban J connectivity index is 1.69. The molecule has 0 radical (unpaired) electrons. The van der Waals surface area contributed by atoms with Gasteiger partial charge in [-0.15, -0.1) is 0 Å². The Labute approximate surface area is 195 Å². The van der Waals surface area contributed by atoms with Crippen molar-refractivity contribution in [3.8, 4) is 11.5 Å². The van der Waals surface area contributed by atoms with Crippen molar-refractivity contribution >= 4 is 28.6 Å². The first-order valence-corrected chi connectivity index (χ1v) is 10.7. The van der Waals surface area contributed by atoms with Crippen LogP contribution in [0.3, 0.4) is 0 Å². The Kier molecular flexibility index (Phi) is 5.41. The molecular formula is C26H23FN4O3. The number of carbonyl (C=O) groups excluding carboxylic acids is 1. The molecule has 0 aliphatic carbocycles. The number of carbonyl (C=O) groups is 1. The minimum Gasteiger partial charge on any atom is -0.497 e. The summed E-state index contributed by atoms with van der Waals surface area (Å²) >= 11 is 0. The molecule has 0 saturated heterocycles. The third-order valence-corrected chi connectivity index (χ3v) is 5.91. The standard InChI is InChI=1S/C26H23FN4O3/c1-15-23(25(32)29-17-10-8-16(27)9-11-17)24(19-13-12-18(33-2)14-22(19)34-3)31-21-7-5-4-6-20(21)30-26(31)28-15/h4-14,24H,1-3H3,(H,28,30)(H,29,32)/t24-/m0/s1. The molecule has 2 N–H and O–H groups in total. The molecule has 0 fully saturated rings. The van der Waals surface area contributed by atoms with Gasteiger partial charge in [-0.25, -0.2) is 9.37 Å². The van der Waals surface area contributed by atoms with Crippen LogP contribution < -0.4 is 20.1 Å². The Bertz CT molecular complexity index is 1430. The summed E-state index contributed by atoms with van der Waals surface area (Å²) in [7, 11) is 3.17. The van der Waals surface area contributed by atoms with Gasteiger partial charge in [-0.1, -0.05) is 12.1 Å². The minimum atomic E-state index is -0.537. The van der Waals surface area contributed by atoms with Crippen LogP contribution in [0.5, 0.6) is 11.5 Å². The topological polar surface area (TPSA) is 77.4 Å². The highest BCUT2D eigenvalue weighted by Crippen LogP contribution is 2.43. The van der Waals surface area contributed by atoms with E-state index < -0.39 is 6.04 Å². The van der Waals surface area contributed by atoms with Gasteiger partial charge in [0.05, 0.1) is 36.9 Å². The highest BCUT2D eigenvalue weighted by atomic mass is 19.1. The Morgan fingerprint density at radius 2 is 1.82 bits per heavy atom. The van der Waals surface area contributed by atoms with Crippen LogP contribution in [0.25, 0.3) is 11.0 Å². The van der Waals surface area contributed by atoms with Crippen molar-refractivity contribution in [2.45, 2.75) is 13.0 Å². The lowest BCUT2D eigenvalue weighted by Crippen LogP contribution is -2.31. The smallest absolute Gasteiger partial charge is 0.255 e. The number of aromatic nitrogens is 2. The fourth-order valence-electron chi connectivity index (χ4n) is 4.33. The lowest BCUT2D eigenvalue weighted by Gasteiger charge is -2.31. The number of ether oxygens (including phenoxy) is 2. The van der Waals surface area contributed by atoms with E-state index in [-0.39, 0.29) is 11.7 Å². The van der Waals surface area contributed by atoms with Crippen LogP contribution in [-0.4, -0.2) is 29.7 Å². The first-order valence-electron chi connectivity index (χ1n) is 10.7. The quantitative estimate of drug-likeness (QED) is 0.434. The van der Waals surface area contributed by atoms with E-state index in [1.807, 2.05) is 47.9 Å². The van der Waals surface area contributed by atoms with Gasteiger partial charge < -0.3 is 20.1 Å². The number of halogens is 1. The molecule has 1 aliphatic heterocycles. The molecule has 8 heteroatoms. The summed E-state index contributed by atoms with van der Waals surface area (Å²) in [5.41, 5.74) is 4.09. The maximum atomic E-state index is 13.6. The molecule has 0 unspecified atom stereocenters. The molecule has 0 bridgehead atoms. The Morgan fingerprint density at radius 3 is 2.56 bits per heavy atom. The molecule has 172 valence electrons. The van der Waals surface area contributed by atoms with E-state index in [1.165, 1.54) is 24.3 Å². The molecule has 2 heterocycles. The van der Waals surface area contributed by atoms with Crippen molar-refractivity contribution in [3.63, 3.8) is 0 Å². The summed E-state index contributed by atoms with van der Waals surface area (Å²) in [6, 6.07) is 18.4. The summed E-state index contributed by atoms with van der Waals surface area (Å²) in [5.74, 6) is 1.16. The fraction of sp³-hybridized carbons (Fsp3) is 0.154. The van der Waals surface area contributed by atoms with Crippen LogP contribution in [0.2, 0.25) is 0 Å². The minimum absolute atomic E-state index is 0.317. The predicted octanol–water partition coefficient (Wildman–Crippen LogP) is 5.12. The van der Waals surface area contributed by atoms with Crippen LogP contribution in [-0.2, 0) is 4.79 Å². The summed E-state index contributed by atoms with van der Waals surface area (Å²) in [4.78, 5) is 18.4. The molecule has 34 heavy (non-hydrogen) atoms. The first kappa shape index (κ1) is 21.5. The van der Waals surface area contributed by atoms with E-state index >= 15 is 0 Å². The Hall–Kier alpha value is -4.33. The second-order valence-corrected chi connectivity index (χ2v) is 7.93. The largest absolute Gasteiger partial charge is 0.497 e. The molecule has 1 aliphatic rings. The second-order valence-electron chi connectivity index (χ2n) is 7.93. The third-order valence-electron chi connectivity index (χ3n) is 5.91. The maximum Gasteiger partial charge on any atom is 0.255 e. The van der Waals surface area contributed by atoms with Crippen molar-refractivity contribution in [1.82, 2.24) is 9.55 Å². The summed E-state index contributed by atoms with van der Waals surface area (Å²) in [6.45, 7) is 1.84. The molecule has 5 rings (SSSR count). The molecule has 1 aromatic heterocycles. The van der Waals surface area contributed by atoms with Crippen LogP contribution in [0.4, 0.5) is 16.0 Å². The first-order chi connectivity index (χ1) is 16.5. The lowest BCUT2D eigenvalue weighted by molar-refractivity contribution is -0.113. The van der Waals surface area contributed by atoms with Crippen LogP contribution in [0.15, 0.2) is 78.0 Å². The van der Waals surface area contributed by atoms with Crippen molar-refractivity contribution < 1.29 is 18.7 Å². The fourth-order valence-corrected chi connectivity index (χ4v) is 4.33. The number of hydrogen-bond donors (Lipinski definition) is 2. The van der Waals surface area contributed by atoms with Gasteiger partial charge in [0.25, 0.3) is 5.91 Å². The number of para-hydroxylation sites is 2. The number of imidazole rings is 1. The van der Waals surface area contributed by atoms with Crippen molar-refractivity contribution in [2.24, 2.45) is 0 Å². The monoisotopic (exact) mass is 458 g/mol. The van der Waals surface area contributed by atoms with Crippen LogP contribution in [0, 0.1) is 5.82 Å². The van der Waals surface area contributed by atoms with Gasteiger partial charge in [0.2, 0.25) is 5.95 Å². The highest BCUT2D eigenvalue weighted by molar-refractivity contribution is 6.06. The van der Waals surface area contributed by atoms with Gasteiger partial charge in [0.15, 0.2) is 0 Å². The van der Waals surface area contributed by atoms with E-state index in [4.69, 9.17) is 14.5 Å². The van der Waals surface area contributed by atoms with Gasteiger partial charge in [0.1, 0.15) is 17.3 Å². The van der Waals surface area contributed by atoms with Gasteiger partial charge in [0, 0.05) is 23.0 Å². The highest BCUT2D eigenvalue weighted by Gasteiger charge is 2.35. The Morgan fingerprint density at radius 1 is 1.06 bits per heavy atom. The molecular weight excluding hydrogens is 435 g/mol. The van der Waals surface area contributed by atoms with E-state index in [2.05, 4.69) is 10.6 Å².